The summed E-state index contributed by atoms with van der Waals surface area (Å²) in [7, 11) is -2.63. The van der Waals surface area contributed by atoms with Crippen molar-refractivity contribution in [3.8, 4) is 0 Å². The van der Waals surface area contributed by atoms with Crippen LogP contribution in [-0.4, -0.2) is 21.5 Å². The number of carbonyl (C=O) groups excluding carboxylic acids is 1. The Morgan fingerprint density at radius 2 is 1.54 bits per heavy atom. The Kier molecular flexibility index (Phi) is 5.92. The van der Waals surface area contributed by atoms with Crippen LogP contribution in [0.2, 0.25) is 0 Å². The van der Waals surface area contributed by atoms with Crippen molar-refractivity contribution in [1.82, 2.24) is 4.72 Å². The molecule has 0 fully saturated rings. The molecular formula is C22H21NO4S. The smallest absolute Gasteiger partial charge is 0.337 e. The van der Waals surface area contributed by atoms with E-state index in [2.05, 4.69) is 9.46 Å². The summed E-state index contributed by atoms with van der Waals surface area (Å²) in [6, 6.07) is 22.3. The number of aryl methyl sites for hydroxylation is 1. The first-order valence-corrected chi connectivity index (χ1v) is 10.2. The molecule has 0 unspecified atom stereocenters. The Morgan fingerprint density at radius 1 is 0.893 bits per heavy atom. The number of ether oxygens (including phenoxy) is 1. The van der Waals surface area contributed by atoms with E-state index in [4.69, 9.17) is 0 Å². The largest absolute Gasteiger partial charge is 0.465 e. The topological polar surface area (TPSA) is 72.5 Å². The van der Waals surface area contributed by atoms with Gasteiger partial charge in [-0.3, -0.25) is 0 Å². The molecule has 0 amide bonds. The van der Waals surface area contributed by atoms with Crippen LogP contribution in [0.15, 0.2) is 83.8 Å². The highest BCUT2D eigenvalue weighted by atomic mass is 32.2. The van der Waals surface area contributed by atoms with Gasteiger partial charge in [0.1, 0.15) is 0 Å². The number of sulfonamides is 1. The van der Waals surface area contributed by atoms with Gasteiger partial charge in [0.25, 0.3) is 0 Å². The Balaban J connectivity index is 2.00. The molecule has 0 saturated heterocycles. The molecule has 6 heteroatoms. The van der Waals surface area contributed by atoms with Crippen LogP contribution >= 0.6 is 0 Å². The SMILES string of the molecule is COC(=O)c1cccc(S(=O)(=O)N[C@@H](c2ccccc2)c2ccc(C)cc2)c1. The highest BCUT2D eigenvalue weighted by Gasteiger charge is 2.23. The van der Waals surface area contributed by atoms with Gasteiger partial charge in [0.15, 0.2) is 0 Å². The number of nitrogens with one attached hydrogen (secondary N) is 1. The van der Waals surface area contributed by atoms with E-state index in [9.17, 15) is 13.2 Å². The van der Waals surface area contributed by atoms with Crippen LogP contribution in [0.5, 0.6) is 0 Å². The third-order valence-electron chi connectivity index (χ3n) is 4.38. The second-order valence-corrected chi connectivity index (χ2v) is 8.11. The molecule has 0 aliphatic rings. The number of hydrogen-bond donors (Lipinski definition) is 1. The van der Waals surface area contributed by atoms with Gasteiger partial charge in [0, 0.05) is 0 Å². The van der Waals surface area contributed by atoms with Gasteiger partial charge in [-0.2, -0.15) is 4.72 Å². The van der Waals surface area contributed by atoms with Gasteiger partial charge < -0.3 is 4.74 Å². The van der Waals surface area contributed by atoms with E-state index in [1.807, 2.05) is 61.5 Å². The van der Waals surface area contributed by atoms with Crippen LogP contribution in [0.3, 0.4) is 0 Å². The van der Waals surface area contributed by atoms with E-state index in [0.29, 0.717) is 0 Å². The Labute approximate surface area is 165 Å². The molecule has 0 aliphatic carbocycles. The van der Waals surface area contributed by atoms with Gasteiger partial charge >= 0.3 is 5.97 Å². The molecule has 144 valence electrons. The second-order valence-electron chi connectivity index (χ2n) is 6.40. The highest BCUT2D eigenvalue weighted by Crippen LogP contribution is 2.25. The number of esters is 1. The van der Waals surface area contributed by atoms with Crippen LogP contribution in [0.4, 0.5) is 0 Å². The third kappa shape index (κ3) is 4.47. The van der Waals surface area contributed by atoms with Crippen LogP contribution < -0.4 is 4.72 Å². The van der Waals surface area contributed by atoms with Crippen molar-refractivity contribution < 1.29 is 17.9 Å². The lowest BCUT2D eigenvalue weighted by Gasteiger charge is -2.20. The summed E-state index contributed by atoms with van der Waals surface area (Å²) in [5, 5.41) is 0. The molecule has 0 saturated carbocycles. The fraction of sp³-hybridized carbons (Fsp3) is 0.136. The van der Waals surface area contributed by atoms with Crippen LogP contribution in [0, 0.1) is 6.92 Å². The summed E-state index contributed by atoms with van der Waals surface area (Å²) < 4.78 is 33.6. The maximum atomic E-state index is 13.1. The number of hydrogen-bond acceptors (Lipinski definition) is 4. The minimum Gasteiger partial charge on any atom is -0.465 e. The zero-order valence-electron chi connectivity index (χ0n) is 15.6. The third-order valence-corrected chi connectivity index (χ3v) is 5.80. The lowest BCUT2D eigenvalue weighted by atomic mass is 9.99. The van der Waals surface area contributed by atoms with Gasteiger partial charge in [-0.1, -0.05) is 66.2 Å². The van der Waals surface area contributed by atoms with Crippen molar-refractivity contribution in [1.29, 1.82) is 0 Å². The predicted octanol–water partition coefficient (Wildman–Crippen LogP) is 3.85. The van der Waals surface area contributed by atoms with E-state index in [0.717, 1.165) is 16.7 Å². The predicted molar refractivity (Wildman–Crippen MR) is 108 cm³/mol. The van der Waals surface area contributed by atoms with Crippen molar-refractivity contribution in [2.75, 3.05) is 7.11 Å². The Bertz CT molecular complexity index is 1060. The number of methoxy groups -OCH3 is 1. The standard InChI is InChI=1S/C22H21NO4S/c1-16-11-13-18(14-12-16)21(17-7-4-3-5-8-17)23-28(25,26)20-10-6-9-19(15-20)22(24)27-2/h3-15,21,23H,1-2H3/t21-/m0/s1. The Morgan fingerprint density at radius 3 is 2.18 bits per heavy atom. The molecule has 0 heterocycles. The summed E-state index contributed by atoms with van der Waals surface area (Å²) in [5.74, 6) is -0.588. The molecule has 1 atom stereocenters. The van der Waals surface area contributed by atoms with E-state index >= 15 is 0 Å². The van der Waals surface area contributed by atoms with Crippen LogP contribution in [0.1, 0.15) is 33.1 Å². The summed E-state index contributed by atoms with van der Waals surface area (Å²) in [6.07, 6.45) is 0. The summed E-state index contributed by atoms with van der Waals surface area (Å²) in [5.41, 5.74) is 2.91. The Hall–Kier alpha value is -2.96. The average Bonchev–Trinajstić information content (AvgIpc) is 2.73. The summed E-state index contributed by atoms with van der Waals surface area (Å²) in [4.78, 5) is 11.8. The van der Waals surface area contributed by atoms with Crippen molar-refractivity contribution >= 4 is 16.0 Å². The fourth-order valence-electron chi connectivity index (χ4n) is 2.86. The zero-order valence-corrected chi connectivity index (χ0v) is 16.4. The molecule has 3 rings (SSSR count). The molecule has 3 aromatic rings. The molecular weight excluding hydrogens is 374 g/mol. The number of carbonyl (C=O) groups is 1. The lowest BCUT2D eigenvalue weighted by molar-refractivity contribution is 0.0600. The first kappa shape index (κ1) is 19.8. The summed E-state index contributed by atoms with van der Waals surface area (Å²) >= 11 is 0. The van der Waals surface area contributed by atoms with Gasteiger partial charge in [0.2, 0.25) is 10.0 Å². The summed E-state index contributed by atoms with van der Waals surface area (Å²) in [6.45, 7) is 1.98. The second kappa shape index (κ2) is 8.37. The minimum absolute atomic E-state index is 0.00319. The average molecular weight is 395 g/mol. The molecule has 0 spiro atoms. The van der Waals surface area contributed by atoms with E-state index in [-0.39, 0.29) is 10.5 Å². The molecule has 0 aliphatic heterocycles. The minimum atomic E-state index is -3.89. The maximum Gasteiger partial charge on any atom is 0.337 e. The normalized spacial score (nSPS) is 12.4. The molecule has 0 bridgehead atoms. The quantitative estimate of drug-likeness (QED) is 0.644. The van der Waals surface area contributed by atoms with Crippen LogP contribution in [0.25, 0.3) is 0 Å². The number of rotatable bonds is 6. The van der Waals surface area contributed by atoms with Gasteiger partial charge in [-0.25, -0.2) is 13.2 Å². The van der Waals surface area contributed by atoms with Gasteiger partial charge in [0.05, 0.1) is 23.6 Å². The molecule has 0 radical (unpaired) electrons. The van der Waals surface area contributed by atoms with E-state index in [1.54, 1.807) is 0 Å². The number of benzene rings is 3. The van der Waals surface area contributed by atoms with Crippen molar-refractivity contribution in [3.63, 3.8) is 0 Å². The molecule has 1 N–H and O–H groups in total. The fourth-order valence-corrected chi connectivity index (χ4v) is 4.12. The molecule has 28 heavy (non-hydrogen) atoms. The molecule has 5 nitrogen and oxygen atoms in total. The lowest BCUT2D eigenvalue weighted by Crippen LogP contribution is -2.29. The van der Waals surface area contributed by atoms with Crippen LogP contribution in [-0.2, 0) is 14.8 Å². The first-order valence-electron chi connectivity index (χ1n) is 8.73. The van der Waals surface area contributed by atoms with E-state index < -0.39 is 22.0 Å². The van der Waals surface area contributed by atoms with Gasteiger partial charge in [-0.05, 0) is 36.2 Å². The molecule has 0 aromatic heterocycles. The van der Waals surface area contributed by atoms with E-state index in [1.165, 1.54) is 31.4 Å². The molecule has 3 aromatic carbocycles. The maximum absolute atomic E-state index is 13.1. The highest BCUT2D eigenvalue weighted by molar-refractivity contribution is 7.89. The monoisotopic (exact) mass is 395 g/mol. The van der Waals surface area contributed by atoms with Gasteiger partial charge in [-0.15, -0.1) is 0 Å². The van der Waals surface area contributed by atoms with Crippen molar-refractivity contribution in [2.24, 2.45) is 0 Å². The first-order chi connectivity index (χ1) is 13.4. The zero-order chi connectivity index (χ0) is 20.1. The van der Waals surface area contributed by atoms with Crippen molar-refractivity contribution in [2.45, 2.75) is 17.9 Å². The van der Waals surface area contributed by atoms with Crippen molar-refractivity contribution in [3.05, 3.63) is 101 Å².